The molecule has 0 radical (unpaired) electrons. The van der Waals surface area contributed by atoms with Gasteiger partial charge in [-0.25, -0.2) is 12.8 Å². The van der Waals surface area contributed by atoms with Crippen molar-refractivity contribution in [1.29, 1.82) is 5.26 Å². The fourth-order valence-electron chi connectivity index (χ4n) is 2.82. The van der Waals surface area contributed by atoms with Crippen molar-refractivity contribution >= 4 is 15.9 Å². The van der Waals surface area contributed by atoms with E-state index in [1.807, 2.05) is 0 Å². The summed E-state index contributed by atoms with van der Waals surface area (Å²) in [5, 5.41) is 9.46. The van der Waals surface area contributed by atoms with Crippen molar-refractivity contribution in [2.45, 2.75) is 18.4 Å². The molecule has 3 rings (SSSR count). The van der Waals surface area contributed by atoms with E-state index >= 15 is 0 Å². The molecule has 5 nitrogen and oxygen atoms in total. The number of hydrogen-bond acceptors (Lipinski definition) is 5. The summed E-state index contributed by atoms with van der Waals surface area (Å²) in [5.74, 6) is 0.374. The van der Waals surface area contributed by atoms with Gasteiger partial charge in [0.2, 0.25) is 9.84 Å². The van der Waals surface area contributed by atoms with Crippen LogP contribution in [0.3, 0.4) is 0 Å². The summed E-state index contributed by atoms with van der Waals surface area (Å²) in [6.07, 6.45) is 1.28. The highest BCUT2D eigenvalue weighted by molar-refractivity contribution is 7.95. The van der Waals surface area contributed by atoms with E-state index in [4.69, 9.17) is 9.47 Å². The standard InChI is InChI=1S/C24H20FNO4S/c1-2-29-24-15-18(12-13-23(24)30-17-19-8-6-7-11-22(19)25)14-21(16-26)31(27,28)20-9-4-3-5-10-20/h3-15H,2,17H2,1H3/b21-14+. The lowest BCUT2D eigenvalue weighted by molar-refractivity contribution is 0.266. The minimum absolute atomic E-state index is 0.00770. The minimum Gasteiger partial charge on any atom is -0.490 e. The van der Waals surface area contributed by atoms with E-state index < -0.39 is 9.84 Å². The van der Waals surface area contributed by atoms with Crippen LogP contribution in [-0.2, 0) is 16.4 Å². The number of hydrogen-bond donors (Lipinski definition) is 0. The molecule has 0 unspecified atom stereocenters. The van der Waals surface area contributed by atoms with Gasteiger partial charge in [0.1, 0.15) is 23.4 Å². The predicted molar refractivity (Wildman–Crippen MR) is 116 cm³/mol. The van der Waals surface area contributed by atoms with Crippen molar-refractivity contribution in [2.75, 3.05) is 6.61 Å². The van der Waals surface area contributed by atoms with Crippen molar-refractivity contribution in [3.63, 3.8) is 0 Å². The first-order valence-corrected chi connectivity index (χ1v) is 11.0. The highest BCUT2D eigenvalue weighted by atomic mass is 32.2. The van der Waals surface area contributed by atoms with E-state index in [-0.39, 0.29) is 22.2 Å². The topological polar surface area (TPSA) is 76.4 Å². The first-order chi connectivity index (χ1) is 15.0. The molecule has 158 valence electrons. The Balaban J connectivity index is 1.90. The van der Waals surface area contributed by atoms with Crippen LogP contribution in [0.25, 0.3) is 6.08 Å². The zero-order valence-electron chi connectivity index (χ0n) is 16.8. The Kier molecular flexibility index (Phi) is 7.06. The van der Waals surface area contributed by atoms with Gasteiger partial charge in [-0.3, -0.25) is 0 Å². The molecule has 0 amide bonds. The van der Waals surface area contributed by atoms with E-state index in [0.29, 0.717) is 29.2 Å². The zero-order chi connectivity index (χ0) is 22.3. The zero-order valence-corrected chi connectivity index (χ0v) is 17.6. The fraction of sp³-hybridized carbons (Fsp3) is 0.125. The molecule has 3 aromatic rings. The first kappa shape index (κ1) is 22.1. The number of nitriles is 1. The van der Waals surface area contributed by atoms with Crippen LogP contribution in [0, 0.1) is 17.1 Å². The van der Waals surface area contributed by atoms with Gasteiger partial charge in [0.05, 0.1) is 11.5 Å². The summed E-state index contributed by atoms with van der Waals surface area (Å²) in [7, 11) is -3.95. The van der Waals surface area contributed by atoms with Crippen LogP contribution < -0.4 is 9.47 Å². The van der Waals surface area contributed by atoms with Crippen molar-refractivity contribution in [1.82, 2.24) is 0 Å². The Bertz CT molecular complexity index is 1230. The Morgan fingerprint density at radius 2 is 1.71 bits per heavy atom. The molecule has 0 aliphatic carbocycles. The molecule has 0 aromatic heterocycles. The molecule has 31 heavy (non-hydrogen) atoms. The van der Waals surface area contributed by atoms with Gasteiger partial charge >= 0.3 is 0 Å². The first-order valence-electron chi connectivity index (χ1n) is 9.50. The molecule has 0 spiro atoms. The number of benzene rings is 3. The third-order valence-corrected chi connectivity index (χ3v) is 6.04. The Hall–Kier alpha value is -3.63. The van der Waals surface area contributed by atoms with Gasteiger partial charge in [-0.2, -0.15) is 5.26 Å². The number of sulfone groups is 1. The van der Waals surface area contributed by atoms with Crippen LogP contribution in [0.15, 0.2) is 82.6 Å². The molecular weight excluding hydrogens is 417 g/mol. The number of nitrogens with zero attached hydrogens (tertiary/aromatic N) is 1. The Morgan fingerprint density at radius 3 is 2.39 bits per heavy atom. The van der Waals surface area contributed by atoms with E-state index in [2.05, 4.69) is 0 Å². The SMILES string of the molecule is CCOc1cc(/C=C(\C#N)S(=O)(=O)c2ccccc2)ccc1OCc1ccccc1F. The highest BCUT2D eigenvalue weighted by Crippen LogP contribution is 2.31. The molecule has 3 aromatic carbocycles. The molecule has 7 heteroatoms. The molecule has 0 N–H and O–H groups in total. The number of ether oxygens (including phenoxy) is 2. The largest absolute Gasteiger partial charge is 0.490 e. The van der Waals surface area contributed by atoms with Crippen LogP contribution >= 0.6 is 0 Å². The van der Waals surface area contributed by atoms with Crippen molar-refractivity contribution in [2.24, 2.45) is 0 Å². The van der Waals surface area contributed by atoms with Crippen molar-refractivity contribution in [3.05, 3.63) is 94.6 Å². The summed E-state index contributed by atoms with van der Waals surface area (Å²) in [4.78, 5) is -0.348. The van der Waals surface area contributed by atoms with E-state index in [0.717, 1.165) is 0 Å². The smallest absolute Gasteiger partial charge is 0.216 e. The number of rotatable bonds is 8. The van der Waals surface area contributed by atoms with Gasteiger partial charge < -0.3 is 9.47 Å². The normalized spacial score (nSPS) is 11.6. The van der Waals surface area contributed by atoms with Crippen LogP contribution in [0.2, 0.25) is 0 Å². The molecule has 0 fully saturated rings. The summed E-state index contributed by atoms with van der Waals surface area (Å²) in [6.45, 7) is 2.15. The maximum absolute atomic E-state index is 13.8. The quantitative estimate of drug-likeness (QED) is 0.456. The third kappa shape index (κ3) is 5.30. The Labute approximate surface area is 180 Å². The van der Waals surface area contributed by atoms with Gasteiger partial charge in [-0.15, -0.1) is 0 Å². The fourth-order valence-corrected chi connectivity index (χ4v) is 4.00. The van der Waals surface area contributed by atoms with Crippen LogP contribution in [0.4, 0.5) is 4.39 Å². The minimum atomic E-state index is -3.95. The molecule has 0 atom stereocenters. The molecule has 0 saturated heterocycles. The molecule has 0 bridgehead atoms. The summed E-state index contributed by atoms with van der Waals surface area (Å²) < 4.78 is 50.7. The number of halogens is 1. The predicted octanol–water partition coefficient (Wildman–Crippen LogP) is 5.14. The van der Waals surface area contributed by atoms with Crippen molar-refractivity contribution in [3.8, 4) is 17.6 Å². The van der Waals surface area contributed by atoms with Crippen LogP contribution in [0.5, 0.6) is 11.5 Å². The van der Waals surface area contributed by atoms with Crippen LogP contribution in [0.1, 0.15) is 18.1 Å². The average molecular weight is 437 g/mol. The van der Waals surface area contributed by atoms with E-state index in [1.165, 1.54) is 24.3 Å². The molecule has 0 aliphatic rings. The summed E-state index contributed by atoms with van der Waals surface area (Å²) in [5.41, 5.74) is 0.854. The summed E-state index contributed by atoms with van der Waals surface area (Å²) >= 11 is 0. The summed E-state index contributed by atoms with van der Waals surface area (Å²) in [6, 6.07) is 20.6. The molecular formula is C24H20FNO4S. The molecule has 0 heterocycles. The van der Waals surface area contributed by atoms with Gasteiger partial charge in [0, 0.05) is 5.56 Å². The second-order valence-electron chi connectivity index (χ2n) is 6.46. The third-order valence-electron chi connectivity index (χ3n) is 4.36. The van der Waals surface area contributed by atoms with Gasteiger partial charge in [0.15, 0.2) is 11.5 Å². The Morgan fingerprint density at radius 1 is 1.00 bits per heavy atom. The van der Waals surface area contributed by atoms with Crippen molar-refractivity contribution < 1.29 is 22.3 Å². The maximum Gasteiger partial charge on any atom is 0.216 e. The van der Waals surface area contributed by atoms with Gasteiger partial charge in [0.25, 0.3) is 0 Å². The molecule has 0 saturated carbocycles. The second kappa shape index (κ2) is 9.92. The highest BCUT2D eigenvalue weighted by Gasteiger charge is 2.20. The number of allylic oxidation sites excluding steroid dienone is 1. The van der Waals surface area contributed by atoms with E-state index in [1.54, 1.807) is 67.6 Å². The maximum atomic E-state index is 13.8. The molecule has 0 aliphatic heterocycles. The van der Waals surface area contributed by atoms with Crippen LogP contribution in [-0.4, -0.2) is 15.0 Å². The van der Waals surface area contributed by atoms with Gasteiger partial charge in [-0.05, 0) is 48.9 Å². The second-order valence-corrected chi connectivity index (χ2v) is 8.37. The van der Waals surface area contributed by atoms with E-state index in [9.17, 15) is 18.1 Å². The lowest BCUT2D eigenvalue weighted by atomic mass is 10.2. The lowest BCUT2D eigenvalue weighted by Gasteiger charge is -2.13. The van der Waals surface area contributed by atoms with Gasteiger partial charge in [-0.1, -0.05) is 42.5 Å². The average Bonchev–Trinajstić information content (AvgIpc) is 2.78. The lowest BCUT2D eigenvalue weighted by Crippen LogP contribution is -2.04. The monoisotopic (exact) mass is 437 g/mol.